The highest BCUT2D eigenvalue weighted by molar-refractivity contribution is 5.72. The van der Waals surface area contributed by atoms with Crippen molar-refractivity contribution in [3.63, 3.8) is 0 Å². The fraction of sp³-hybridized carbons (Fsp3) is 0.533. The molecule has 116 valence electrons. The van der Waals surface area contributed by atoms with E-state index in [0.29, 0.717) is 6.54 Å². The number of carbonyl (C=O) groups excluding carboxylic acids is 1. The van der Waals surface area contributed by atoms with Crippen LogP contribution in [0.3, 0.4) is 0 Å². The average Bonchev–Trinajstić information content (AvgIpc) is 2.69. The molecule has 1 heterocycles. The Hall–Kier alpha value is -1.50. The van der Waals surface area contributed by atoms with Crippen LogP contribution in [0.25, 0.3) is 0 Å². The maximum absolute atomic E-state index is 14.1. The van der Waals surface area contributed by atoms with Crippen LogP contribution in [0.1, 0.15) is 12.5 Å². The molecule has 4 atom stereocenters. The first-order valence-corrected chi connectivity index (χ1v) is 7.01. The van der Waals surface area contributed by atoms with E-state index < -0.39 is 24.4 Å². The molecule has 0 radical (unpaired) electrons. The molecule has 0 bridgehead atoms. The molecule has 0 aromatic heterocycles. The summed E-state index contributed by atoms with van der Waals surface area (Å²) in [6, 6.07) is 8.14. The molecule has 1 aromatic rings. The molecule has 1 saturated heterocycles. The van der Waals surface area contributed by atoms with Crippen molar-refractivity contribution in [1.82, 2.24) is 10.2 Å². The second kappa shape index (κ2) is 6.98. The summed E-state index contributed by atoms with van der Waals surface area (Å²) in [4.78, 5) is 12.8. The van der Waals surface area contributed by atoms with Gasteiger partial charge in [0.2, 0.25) is 5.91 Å². The second-order valence-corrected chi connectivity index (χ2v) is 5.35. The quantitative estimate of drug-likeness (QED) is 0.719. The number of aliphatic hydroxyl groups is 2. The van der Waals surface area contributed by atoms with Crippen LogP contribution in [0.15, 0.2) is 30.3 Å². The van der Waals surface area contributed by atoms with Crippen LogP contribution >= 0.6 is 0 Å². The molecule has 1 unspecified atom stereocenters. The van der Waals surface area contributed by atoms with E-state index in [9.17, 15) is 19.4 Å². The molecule has 0 saturated carbocycles. The number of nitrogens with one attached hydrogen (secondary N) is 1. The number of likely N-dealkylation sites (tertiary alicyclic amines) is 1. The van der Waals surface area contributed by atoms with E-state index in [4.69, 9.17) is 0 Å². The lowest BCUT2D eigenvalue weighted by Gasteiger charge is -2.29. The molecule has 0 spiro atoms. The van der Waals surface area contributed by atoms with Gasteiger partial charge in [0.15, 0.2) is 0 Å². The maximum Gasteiger partial charge on any atom is 0.216 e. The lowest BCUT2D eigenvalue weighted by Crippen LogP contribution is -2.46. The zero-order valence-electron chi connectivity index (χ0n) is 11.9. The van der Waals surface area contributed by atoms with E-state index in [-0.39, 0.29) is 19.1 Å². The summed E-state index contributed by atoms with van der Waals surface area (Å²) in [5.74, 6) is -0.232. The molecule has 1 fully saturated rings. The summed E-state index contributed by atoms with van der Waals surface area (Å²) < 4.78 is 14.1. The number of carbonyl (C=O) groups is 1. The summed E-state index contributed by atoms with van der Waals surface area (Å²) in [6.07, 6.45) is -2.75. The molecule has 2 rings (SSSR count). The van der Waals surface area contributed by atoms with Crippen molar-refractivity contribution in [2.24, 2.45) is 0 Å². The Labute approximate surface area is 123 Å². The normalized spacial score (nSPS) is 29.5. The molecule has 5 nitrogen and oxygen atoms in total. The lowest BCUT2D eigenvalue weighted by molar-refractivity contribution is -0.119. The molecular formula is C15H21FN2O3. The third kappa shape index (κ3) is 3.58. The van der Waals surface area contributed by atoms with Gasteiger partial charge in [-0.15, -0.1) is 0 Å². The summed E-state index contributed by atoms with van der Waals surface area (Å²) in [7, 11) is 0. The molecule has 6 heteroatoms. The van der Waals surface area contributed by atoms with Crippen LogP contribution in [0.4, 0.5) is 4.39 Å². The topological polar surface area (TPSA) is 72.8 Å². The van der Waals surface area contributed by atoms with Gasteiger partial charge in [-0.3, -0.25) is 9.69 Å². The van der Waals surface area contributed by atoms with Gasteiger partial charge < -0.3 is 15.5 Å². The highest BCUT2D eigenvalue weighted by atomic mass is 19.1. The van der Waals surface area contributed by atoms with Crippen LogP contribution < -0.4 is 5.32 Å². The fourth-order valence-electron chi connectivity index (χ4n) is 2.79. The van der Waals surface area contributed by atoms with Crippen molar-refractivity contribution in [2.45, 2.75) is 37.8 Å². The van der Waals surface area contributed by atoms with Gasteiger partial charge in [0.1, 0.15) is 12.3 Å². The fourth-order valence-corrected chi connectivity index (χ4v) is 2.79. The van der Waals surface area contributed by atoms with Crippen LogP contribution in [-0.4, -0.2) is 58.5 Å². The largest absolute Gasteiger partial charge is 0.395 e. The molecule has 1 aromatic carbocycles. The van der Waals surface area contributed by atoms with Crippen molar-refractivity contribution in [3.05, 3.63) is 35.9 Å². The van der Waals surface area contributed by atoms with Crippen LogP contribution in [-0.2, 0) is 11.3 Å². The highest BCUT2D eigenvalue weighted by Gasteiger charge is 2.48. The molecule has 21 heavy (non-hydrogen) atoms. The molecule has 1 aliphatic heterocycles. The van der Waals surface area contributed by atoms with Crippen molar-refractivity contribution in [1.29, 1.82) is 0 Å². The minimum Gasteiger partial charge on any atom is -0.395 e. The number of amides is 1. The number of alkyl halides is 1. The lowest BCUT2D eigenvalue weighted by atomic mass is 10.1. The molecule has 0 aliphatic carbocycles. The van der Waals surface area contributed by atoms with Crippen molar-refractivity contribution < 1.29 is 19.4 Å². The summed E-state index contributed by atoms with van der Waals surface area (Å²) in [6.45, 7) is 1.56. The molecule has 1 amide bonds. The molecule has 1 aliphatic rings. The Morgan fingerprint density at radius 3 is 2.57 bits per heavy atom. The number of hydrogen-bond acceptors (Lipinski definition) is 4. The van der Waals surface area contributed by atoms with Gasteiger partial charge in [-0.25, -0.2) is 4.39 Å². The maximum atomic E-state index is 14.1. The predicted molar refractivity (Wildman–Crippen MR) is 76.2 cm³/mol. The number of benzene rings is 1. The SMILES string of the molecule is CC(=O)NC[C@@H]1[C@@H](O)[C@H](F)C(CO)N1Cc1ccccc1. The minimum absolute atomic E-state index is 0.153. The van der Waals surface area contributed by atoms with Crippen LogP contribution in [0.2, 0.25) is 0 Å². The summed E-state index contributed by atoms with van der Waals surface area (Å²) >= 11 is 0. The standard InChI is InChI=1S/C15H21FN2O3/c1-10(20)17-7-12-15(21)14(16)13(9-19)18(12)8-11-5-3-2-4-6-11/h2-6,12-15,19,21H,7-9H2,1H3,(H,17,20)/t12-,13?,14-,15-/m1/s1. The first-order chi connectivity index (χ1) is 10.0. The highest BCUT2D eigenvalue weighted by Crippen LogP contribution is 2.29. The number of halogens is 1. The Kier molecular flexibility index (Phi) is 5.27. The number of nitrogens with zero attached hydrogens (tertiary/aromatic N) is 1. The Morgan fingerprint density at radius 2 is 2.00 bits per heavy atom. The Balaban J connectivity index is 2.16. The zero-order chi connectivity index (χ0) is 15.4. The van der Waals surface area contributed by atoms with Crippen LogP contribution in [0, 0.1) is 0 Å². The van der Waals surface area contributed by atoms with E-state index in [1.807, 2.05) is 30.3 Å². The monoisotopic (exact) mass is 296 g/mol. The van der Waals surface area contributed by atoms with E-state index in [1.54, 1.807) is 4.90 Å². The molecular weight excluding hydrogens is 275 g/mol. The van der Waals surface area contributed by atoms with Crippen molar-refractivity contribution in [2.75, 3.05) is 13.2 Å². The van der Waals surface area contributed by atoms with E-state index in [0.717, 1.165) is 5.56 Å². The first-order valence-electron chi connectivity index (χ1n) is 7.01. The van der Waals surface area contributed by atoms with Gasteiger partial charge in [-0.05, 0) is 5.56 Å². The van der Waals surface area contributed by atoms with Gasteiger partial charge in [0.05, 0.1) is 18.7 Å². The third-order valence-corrected chi connectivity index (χ3v) is 3.90. The smallest absolute Gasteiger partial charge is 0.216 e. The van der Waals surface area contributed by atoms with Gasteiger partial charge in [0.25, 0.3) is 0 Å². The number of hydrogen-bond donors (Lipinski definition) is 3. The van der Waals surface area contributed by atoms with Gasteiger partial charge >= 0.3 is 0 Å². The summed E-state index contributed by atoms with van der Waals surface area (Å²) in [5.41, 5.74) is 0.963. The van der Waals surface area contributed by atoms with Gasteiger partial charge in [0, 0.05) is 20.0 Å². The summed E-state index contributed by atoms with van der Waals surface area (Å²) in [5, 5.41) is 22.1. The zero-order valence-corrected chi connectivity index (χ0v) is 11.9. The van der Waals surface area contributed by atoms with E-state index in [2.05, 4.69) is 5.32 Å². The minimum atomic E-state index is -1.53. The van der Waals surface area contributed by atoms with E-state index in [1.165, 1.54) is 6.92 Å². The van der Waals surface area contributed by atoms with Crippen molar-refractivity contribution >= 4 is 5.91 Å². The third-order valence-electron chi connectivity index (χ3n) is 3.90. The Morgan fingerprint density at radius 1 is 1.33 bits per heavy atom. The van der Waals surface area contributed by atoms with Gasteiger partial charge in [-0.1, -0.05) is 30.3 Å². The first kappa shape index (κ1) is 15.9. The second-order valence-electron chi connectivity index (χ2n) is 5.35. The van der Waals surface area contributed by atoms with Crippen LogP contribution in [0.5, 0.6) is 0 Å². The predicted octanol–water partition coefficient (Wildman–Crippen LogP) is 0.0668. The number of aliphatic hydroxyl groups excluding tert-OH is 2. The van der Waals surface area contributed by atoms with Gasteiger partial charge in [-0.2, -0.15) is 0 Å². The van der Waals surface area contributed by atoms with Crippen molar-refractivity contribution in [3.8, 4) is 0 Å². The average molecular weight is 296 g/mol. The number of rotatable bonds is 5. The Bertz CT molecular complexity index is 471. The van der Waals surface area contributed by atoms with E-state index >= 15 is 0 Å². The molecule has 3 N–H and O–H groups in total.